The van der Waals surface area contributed by atoms with E-state index in [2.05, 4.69) is 60.5 Å². The SMILES string of the molecule is CC(=O)NCC(=O)N1CCC2(CC1)CCN(Cc1cccc(C)c1C)c1ccccc1O2. The summed E-state index contributed by atoms with van der Waals surface area (Å²) in [6.45, 7) is 8.91. The van der Waals surface area contributed by atoms with Crippen molar-refractivity contribution < 1.29 is 14.3 Å². The molecular weight excluding hydrogens is 402 g/mol. The molecule has 0 bridgehead atoms. The van der Waals surface area contributed by atoms with Gasteiger partial charge in [-0.05, 0) is 42.7 Å². The van der Waals surface area contributed by atoms with Crippen molar-refractivity contribution in [3.63, 3.8) is 0 Å². The van der Waals surface area contributed by atoms with Gasteiger partial charge in [0.05, 0.1) is 12.2 Å². The van der Waals surface area contributed by atoms with Crippen molar-refractivity contribution in [2.45, 2.75) is 52.2 Å². The number of anilines is 1. The average Bonchev–Trinajstić information content (AvgIpc) is 2.93. The molecule has 2 amide bonds. The number of amides is 2. The van der Waals surface area contributed by atoms with Gasteiger partial charge in [0.2, 0.25) is 11.8 Å². The Balaban J connectivity index is 1.49. The van der Waals surface area contributed by atoms with Gasteiger partial charge in [-0.1, -0.05) is 30.3 Å². The molecule has 2 aromatic carbocycles. The number of rotatable bonds is 4. The van der Waals surface area contributed by atoms with Gasteiger partial charge in [-0.2, -0.15) is 0 Å². The van der Waals surface area contributed by atoms with Crippen LogP contribution in [0.2, 0.25) is 0 Å². The highest BCUT2D eigenvalue weighted by molar-refractivity contribution is 5.83. The van der Waals surface area contributed by atoms with Gasteiger partial charge in [0.1, 0.15) is 11.4 Å². The Labute approximate surface area is 190 Å². The van der Waals surface area contributed by atoms with Gasteiger partial charge < -0.3 is 19.9 Å². The number of nitrogens with zero attached hydrogens (tertiary/aromatic N) is 2. The van der Waals surface area contributed by atoms with Crippen LogP contribution in [0.15, 0.2) is 42.5 Å². The number of hydrogen-bond acceptors (Lipinski definition) is 4. The molecule has 0 atom stereocenters. The highest BCUT2D eigenvalue weighted by Gasteiger charge is 2.40. The molecule has 2 heterocycles. The standard InChI is InChI=1S/C26H33N3O3/c1-19-7-6-8-22(20(19)2)18-29-16-13-26(32-24-10-5-4-9-23(24)29)11-14-28(15-12-26)25(31)17-27-21(3)30/h4-10H,11-18H2,1-3H3,(H,27,30). The van der Waals surface area contributed by atoms with Gasteiger partial charge in [-0.3, -0.25) is 9.59 Å². The second-order valence-corrected chi connectivity index (χ2v) is 9.07. The maximum atomic E-state index is 12.4. The molecule has 4 rings (SSSR count). The molecule has 0 radical (unpaired) electrons. The number of fused-ring (bicyclic) bond motifs is 1. The van der Waals surface area contributed by atoms with Crippen LogP contribution in [0.3, 0.4) is 0 Å². The van der Waals surface area contributed by atoms with Crippen molar-refractivity contribution in [1.29, 1.82) is 0 Å². The van der Waals surface area contributed by atoms with Crippen molar-refractivity contribution in [3.8, 4) is 5.75 Å². The predicted octanol–water partition coefficient (Wildman–Crippen LogP) is 3.59. The Morgan fingerprint density at radius 2 is 1.72 bits per heavy atom. The molecule has 6 heteroatoms. The molecule has 1 fully saturated rings. The molecule has 0 aromatic heterocycles. The van der Waals surface area contributed by atoms with E-state index in [-0.39, 0.29) is 24.0 Å². The first-order valence-electron chi connectivity index (χ1n) is 11.5. The van der Waals surface area contributed by atoms with Crippen LogP contribution >= 0.6 is 0 Å². The highest BCUT2D eigenvalue weighted by atomic mass is 16.5. The van der Waals surface area contributed by atoms with Crippen LogP contribution < -0.4 is 15.0 Å². The maximum Gasteiger partial charge on any atom is 0.241 e. The minimum Gasteiger partial charge on any atom is -0.485 e. The van der Waals surface area contributed by atoms with Gasteiger partial charge in [0.15, 0.2) is 0 Å². The third-order valence-electron chi connectivity index (χ3n) is 6.96. The summed E-state index contributed by atoms with van der Waals surface area (Å²) < 4.78 is 6.68. The molecule has 0 saturated carbocycles. The molecule has 2 aliphatic rings. The first-order chi connectivity index (χ1) is 15.4. The van der Waals surface area contributed by atoms with E-state index >= 15 is 0 Å². The Hall–Kier alpha value is -3.02. The number of piperidine rings is 1. The summed E-state index contributed by atoms with van der Waals surface area (Å²) in [7, 11) is 0. The molecule has 2 aliphatic heterocycles. The lowest BCUT2D eigenvalue weighted by Gasteiger charge is -2.41. The summed E-state index contributed by atoms with van der Waals surface area (Å²) in [5.41, 5.74) is 4.87. The second-order valence-electron chi connectivity index (χ2n) is 9.07. The zero-order chi connectivity index (χ0) is 22.7. The van der Waals surface area contributed by atoms with Crippen LogP contribution in [-0.2, 0) is 16.1 Å². The molecule has 6 nitrogen and oxygen atoms in total. The van der Waals surface area contributed by atoms with Gasteiger partial charge in [0, 0.05) is 52.4 Å². The minimum absolute atomic E-state index is 0.0272. The van der Waals surface area contributed by atoms with Crippen molar-refractivity contribution in [3.05, 3.63) is 59.2 Å². The number of benzene rings is 2. The van der Waals surface area contributed by atoms with Gasteiger partial charge in [-0.15, -0.1) is 0 Å². The Morgan fingerprint density at radius 1 is 1.00 bits per heavy atom. The fourth-order valence-corrected chi connectivity index (χ4v) is 4.73. The summed E-state index contributed by atoms with van der Waals surface area (Å²) >= 11 is 0. The summed E-state index contributed by atoms with van der Waals surface area (Å²) in [6, 6.07) is 14.8. The van der Waals surface area contributed by atoms with Crippen LogP contribution in [-0.4, -0.2) is 48.5 Å². The number of hydrogen-bond donors (Lipinski definition) is 1. The molecule has 2 aromatic rings. The van der Waals surface area contributed by atoms with Gasteiger partial charge in [-0.25, -0.2) is 0 Å². The second kappa shape index (κ2) is 9.23. The van der Waals surface area contributed by atoms with Crippen molar-refractivity contribution in [2.24, 2.45) is 0 Å². The van der Waals surface area contributed by atoms with Crippen molar-refractivity contribution in [1.82, 2.24) is 10.2 Å². The van der Waals surface area contributed by atoms with Gasteiger partial charge in [0.25, 0.3) is 0 Å². The Kier molecular flexibility index (Phi) is 6.40. The van der Waals surface area contributed by atoms with E-state index < -0.39 is 0 Å². The summed E-state index contributed by atoms with van der Waals surface area (Å²) in [5.74, 6) is 0.716. The minimum atomic E-state index is -0.267. The first kappa shape index (κ1) is 22.2. The quantitative estimate of drug-likeness (QED) is 0.797. The van der Waals surface area contributed by atoms with E-state index in [1.54, 1.807) is 0 Å². The zero-order valence-corrected chi connectivity index (χ0v) is 19.3. The van der Waals surface area contributed by atoms with Crippen molar-refractivity contribution in [2.75, 3.05) is 31.1 Å². The van der Waals surface area contributed by atoms with Gasteiger partial charge >= 0.3 is 0 Å². The van der Waals surface area contributed by atoms with E-state index in [4.69, 9.17) is 4.74 Å². The normalized spacial score (nSPS) is 17.3. The Bertz CT molecular complexity index is 996. The molecule has 1 N–H and O–H groups in total. The summed E-state index contributed by atoms with van der Waals surface area (Å²) in [6.07, 6.45) is 2.51. The average molecular weight is 436 g/mol. The number of carbonyl (C=O) groups excluding carboxylic acids is 2. The molecule has 32 heavy (non-hydrogen) atoms. The van der Waals surface area contributed by atoms with Crippen LogP contribution in [0.1, 0.15) is 42.9 Å². The lowest BCUT2D eigenvalue weighted by Crippen LogP contribution is -2.52. The van der Waals surface area contributed by atoms with E-state index in [1.807, 2.05) is 11.0 Å². The smallest absolute Gasteiger partial charge is 0.241 e. The predicted molar refractivity (Wildman–Crippen MR) is 126 cm³/mol. The number of aryl methyl sites for hydroxylation is 1. The third kappa shape index (κ3) is 4.74. The van der Waals surface area contributed by atoms with E-state index in [0.29, 0.717) is 13.1 Å². The van der Waals surface area contributed by atoms with Crippen LogP contribution in [0, 0.1) is 13.8 Å². The lowest BCUT2D eigenvalue weighted by molar-refractivity contribution is -0.135. The fraction of sp³-hybridized carbons (Fsp3) is 0.462. The number of carbonyl (C=O) groups is 2. The number of para-hydroxylation sites is 2. The highest BCUT2D eigenvalue weighted by Crippen LogP contribution is 2.41. The molecule has 170 valence electrons. The molecule has 1 saturated heterocycles. The fourth-order valence-electron chi connectivity index (χ4n) is 4.73. The third-order valence-corrected chi connectivity index (χ3v) is 6.96. The monoisotopic (exact) mass is 435 g/mol. The zero-order valence-electron chi connectivity index (χ0n) is 19.3. The largest absolute Gasteiger partial charge is 0.485 e. The van der Waals surface area contributed by atoms with E-state index in [0.717, 1.165) is 43.8 Å². The van der Waals surface area contributed by atoms with Crippen LogP contribution in [0.25, 0.3) is 0 Å². The van der Waals surface area contributed by atoms with E-state index in [1.165, 1.54) is 23.6 Å². The topological polar surface area (TPSA) is 61.9 Å². The lowest BCUT2D eigenvalue weighted by atomic mass is 9.87. The number of ether oxygens (including phenoxy) is 1. The summed E-state index contributed by atoms with van der Waals surface area (Å²) in [4.78, 5) is 27.8. The number of likely N-dealkylation sites (tertiary alicyclic amines) is 1. The molecule has 0 unspecified atom stereocenters. The molecule has 0 aliphatic carbocycles. The van der Waals surface area contributed by atoms with Crippen LogP contribution in [0.5, 0.6) is 5.75 Å². The van der Waals surface area contributed by atoms with E-state index in [9.17, 15) is 9.59 Å². The number of nitrogens with one attached hydrogen (secondary N) is 1. The molecular formula is C26H33N3O3. The van der Waals surface area contributed by atoms with Crippen LogP contribution in [0.4, 0.5) is 5.69 Å². The molecule has 1 spiro atoms. The maximum absolute atomic E-state index is 12.4. The summed E-state index contributed by atoms with van der Waals surface area (Å²) in [5, 5.41) is 2.61. The van der Waals surface area contributed by atoms with Crippen molar-refractivity contribution >= 4 is 17.5 Å². The first-order valence-corrected chi connectivity index (χ1v) is 11.5. The Morgan fingerprint density at radius 3 is 2.47 bits per heavy atom.